The molecule has 0 radical (unpaired) electrons. The molecule has 0 fully saturated rings. The summed E-state index contributed by atoms with van der Waals surface area (Å²) in [4.78, 5) is 33.1. The van der Waals surface area contributed by atoms with Crippen LogP contribution >= 0.6 is 27.3 Å². The zero-order valence-corrected chi connectivity index (χ0v) is 25.3. The van der Waals surface area contributed by atoms with E-state index in [0.717, 1.165) is 27.8 Å². The standard InChI is InChI=1S/C32H29BrN2O5S/c1-4-17-40-23-14-11-20(12-15-23)18-26-30(36)35-29(24-19-22(33)13-16-25(24)38-3)27(31(37)39-5-2)28(34-32(35)41-26)21-9-7-6-8-10-21/h6-16,18-19,29H,4-5,17H2,1-3H3/b26-18+/t29-/m0/s1. The number of hydrogen-bond donors (Lipinski definition) is 0. The Morgan fingerprint density at radius 3 is 2.51 bits per heavy atom. The minimum absolute atomic E-state index is 0.176. The second-order valence-electron chi connectivity index (χ2n) is 9.24. The molecule has 0 unspecified atom stereocenters. The number of carbonyl (C=O) groups excluding carboxylic acids is 1. The first-order valence-electron chi connectivity index (χ1n) is 13.3. The Morgan fingerprint density at radius 1 is 1.07 bits per heavy atom. The molecule has 1 atom stereocenters. The first-order valence-corrected chi connectivity index (χ1v) is 14.9. The molecule has 2 heterocycles. The van der Waals surface area contributed by atoms with Gasteiger partial charge in [0.15, 0.2) is 4.80 Å². The van der Waals surface area contributed by atoms with Crippen molar-refractivity contribution in [2.75, 3.05) is 20.3 Å². The smallest absolute Gasteiger partial charge is 0.338 e. The van der Waals surface area contributed by atoms with Gasteiger partial charge in [0, 0.05) is 15.6 Å². The highest BCUT2D eigenvalue weighted by molar-refractivity contribution is 9.10. The van der Waals surface area contributed by atoms with Crippen LogP contribution in [0.2, 0.25) is 0 Å². The Balaban J connectivity index is 1.78. The van der Waals surface area contributed by atoms with Crippen molar-refractivity contribution >= 4 is 45.0 Å². The molecular weight excluding hydrogens is 604 g/mol. The van der Waals surface area contributed by atoms with Gasteiger partial charge >= 0.3 is 5.97 Å². The molecule has 3 aromatic carbocycles. The van der Waals surface area contributed by atoms with Gasteiger partial charge in [-0.05, 0) is 55.3 Å². The zero-order chi connectivity index (χ0) is 28.9. The van der Waals surface area contributed by atoms with Gasteiger partial charge in [0.25, 0.3) is 5.56 Å². The number of halogens is 1. The lowest BCUT2D eigenvalue weighted by Gasteiger charge is -2.27. The summed E-state index contributed by atoms with van der Waals surface area (Å²) in [5.41, 5.74) is 2.70. The zero-order valence-electron chi connectivity index (χ0n) is 22.9. The number of fused-ring (bicyclic) bond motifs is 1. The Kier molecular flexibility index (Phi) is 8.85. The fourth-order valence-electron chi connectivity index (χ4n) is 4.69. The van der Waals surface area contributed by atoms with E-state index in [1.165, 1.54) is 11.3 Å². The second kappa shape index (κ2) is 12.7. The maximum absolute atomic E-state index is 14.1. The van der Waals surface area contributed by atoms with Gasteiger partial charge in [0.05, 0.1) is 36.1 Å². The lowest BCUT2D eigenvalue weighted by atomic mass is 9.92. The first kappa shape index (κ1) is 28.6. The van der Waals surface area contributed by atoms with Crippen molar-refractivity contribution in [2.45, 2.75) is 26.3 Å². The van der Waals surface area contributed by atoms with Crippen molar-refractivity contribution in [2.24, 2.45) is 4.99 Å². The minimum Gasteiger partial charge on any atom is -0.496 e. The van der Waals surface area contributed by atoms with Crippen LogP contribution in [0.25, 0.3) is 11.8 Å². The minimum atomic E-state index is -0.833. The van der Waals surface area contributed by atoms with Crippen molar-refractivity contribution < 1.29 is 19.0 Å². The van der Waals surface area contributed by atoms with Crippen molar-refractivity contribution in [3.63, 3.8) is 0 Å². The van der Waals surface area contributed by atoms with Crippen LogP contribution in [0.5, 0.6) is 11.5 Å². The van der Waals surface area contributed by atoms with Crippen molar-refractivity contribution in [1.29, 1.82) is 0 Å². The van der Waals surface area contributed by atoms with E-state index in [4.69, 9.17) is 19.2 Å². The summed E-state index contributed by atoms with van der Waals surface area (Å²) in [5, 5.41) is 0. The molecule has 0 amide bonds. The van der Waals surface area contributed by atoms with E-state index in [2.05, 4.69) is 22.9 Å². The van der Waals surface area contributed by atoms with E-state index in [-0.39, 0.29) is 17.7 Å². The molecule has 0 spiro atoms. The Bertz CT molecular complexity index is 1780. The normalized spacial score (nSPS) is 14.8. The number of nitrogens with zero attached hydrogens (tertiary/aromatic N) is 2. The van der Waals surface area contributed by atoms with Gasteiger partial charge in [-0.3, -0.25) is 9.36 Å². The molecule has 1 aliphatic heterocycles. The molecule has 1 aliphatic rings. The average Bonchev–Trinajstić information content (AvgIpc) is 3.30. The third-order valence-corrected chi connectivity index (χ3v) is 7.99. The average molecular weight is 634 g/mol. The summed E-state index contributed by atoms with van der Waals surface area (Å²) >= 11 is 4.83. The van der Waals surface area contributed by atoms with Crippen molar-refractivity contribution in [1.82, 2.24) is 4.57 Å². The number of benzene rings is 3. The highest BCUT2D eigenvalue weighted by atomic mass is 79.9. The SMILES string of the molecule is CCCOc1ccc(/C=c2/sc3n(c2=O)[C@@H](c2cc(Br)ccc2OC)C(C(=O)OCC)=C(c2ccccc2)N=3)cc1. The van der Waals surface area contributed by atoms with Crippen LogP contribution in [0.1, 0.15) is 43.0 Å². The molecule has 0 N–H and O–H groups in total. The fourth-order valence-corrected chi connectivity index (χ4v) is 6.06. The predicted molar refractivity (Wildman–Crippen MR) is 164 cm³/mol. The topological polar surface area (TPSA) is 79.1 Å². The van der Waals surface area contributed by atoms with Crippen LogP contribution in [0.3, 0.4) is 0 Å². The molecule has 7 nitrogen and oxygen atoms in total. The van der Waals surface area contributed by atoms with E-state index in [9.17, 15) is 9.59 Å². The second-order valence-corrected chi connectivity index (χ2v) is 11.2. The van der Waals surface area contributed by atoms with E-state index in [1.807, 2.05) is 78.9 Å². The first-order chi connectivity index (χ1) is 19.9. The van der Waals surface area contributed by atoms with Gasteiger partial charge in [-0.1, -0.05) is 76.7 Å². The van der Waals surface area contributed by atoms with Crippen LogP contribution in [-0.2, 0) is 9.53 Å². The number of hydrogen-bond acceptors (Lipinski definition) is 7. The summed E-state index contributed by atoms with van der Waals surface area (Å²) in [6.45, 7) is 4.63. The molecule has 210 valence electrons. The molecule has 0 aliphatic carbocycles. The third kappa shape index (κ3) is 5.92. The number of methoxy groups -OCH3 is 1. The van der Waals surface area contributed by atoms with Crippen LogP contribution in [0.4, 0.5) is 0 Å². The molecule has 41 heavy (non-hydrogen) atoms. The van der Waals surface area contributed by atoms with Gasteiger partial charge in [-0.2, -0.15) is 0 Å². The van der Waals surface area contributed by atoms with Crippen LogP contribution in [-0.4, -0.2) is 30.9 Å². The summed E-state index contributed by atoms with van der Waals surface area (Å²) in [5.74, 6) is 0.768. The van der Waals surface area contributed by atoms with Crippen molar-refractivity contribution in [3.05, 3.63) is 119 Å². The molecular formula is C32H29BrN2O5S. The largest absolute Gasteiger partial charge is 0.496 e. The van der Waals surface area contributed by atoms with Gasteiger partial charge in [0.1, 0.15) is 17.5 Å². The fraction of sp³-hybridized carbons (Fsp3) is 0.219. The van der Waals surface area contributed by atoms with Gasteiger partial charge < -0.3 is 14.2 Å². The van der Waals surface area contributed by atoms with E-state index >= 15 is 0 Å². The lowest BCUT2D eigenvalue weighted by Crippen LogP contribution is -2.40. The Labute approximate surface area is 250 Å². The maximum Gasteiger partial charge on any atom is 0.338 e. The number of carbonyl (C=O) groups is 1. The highest BCUT2D eigenvalue weighted by Gasteiger charge is 2.36. The predicted octanol–water partition coefficient (Wildman–Crippen LogP) is 5.50. The molecule has 1 aromatic heterocycles. The lowest BCUT2D eigenvalue weighted by molar-refractivity contribution is -0.138. The summed E-state index contributed by atoms with van der Waals surface area (Å²) < 4.78 is 19.8. The molecule has 4 aromatic rings. The third-order valence-electron chi connectivity index (χ3n) is 6.51. The number of aromatic nitrogens is 1. The molecule has 0 saturated heterocycles. The van der Waals surface area contributed by atoms with E-state index in [1.54, 1.807) is 18.6 Å². The molecule has 0 saturated carbocycles. The summed E-state index contributed by atoms with van der Waals surface area (Å²) in [7, 11) is 1.57. The molecule has 9 heteroatoms. The van der Waals surface area contributed by atoms with Crippen LogP contribution in [0.15, 0.2) is 92.6 Å². The molecule has 5 rings (SSSR count). The van der Waals surface area contributed by atoms with Crippen LogP contribution in [0, 0.1) is 0 Å². The Morgan fingerprint density at radius 2 is 1.83 bits per heavy atom. The van der Waals surface area contributed by atoms with Crippen LogP contribution < -0.4 is 24.4 Å². The van der Waals surface area contributed by atoms with E-state index in [0.29, 0.717) is 33.0 Å². The van der Waals surface area contributed by atoms with Crippen molar-refractivity contribution in [3.8, 4) is 11.5 Å². The number of thiazole rings is 1. The molecule has 0 bridgehead atoms. The summed E-state index contributed by atoms with van der Waals surface area (Å²) in [6.07, 6.45) is 2.75. The van der Waals surface area contributed by atoms with Gasteiger partial charge in [-0.15, -0.1) is 0 Å². The number of ether oxygens (including phenoxy) is 3. The quantitative estimate of drug-likeness (QED) is 0.228. The summed E-state index contributed by atoms with van der Waals surface area (Å²) in [6, 6.07) is 21.8. The highest BCUT2D eigenvalue weighted by Crippen LogP contribution is 2.39. The number of rotatable bonds is 9. The van der Waals surface area contributed by atoms with Gasteiger partial charge in [0.2, 0.25) is 0 Å². The maximum atomic E-state index is 14.1. The monoisotopic (exact) mass is 632 g/mol. The number of esters is 1. The van der Waals surface area contributed by atoms with E-state index < -0.39 is 12.0 Å². The Hall–Kier alpha value is -3.95. The van der Waals surface area contributed by atoms with Gasteiger partial charge in [-0.25, -0.2) is 9.79 Å².